The Hall–Kier alpha value is -2.87. The molecule has 1 saturated heterocycles. The van der Waals surface area contributed by atoms with E-state index in [2.05, 4.69) is 10.6 Å². The lowest BCUT2D eigenvalue weighted by atomic mass is 9.77. The van der Waals surface area contributed by atoms with Crippen LogP contribution in [-0.2, 0) is 6.54 Å². The minimum Gasteiger partial charge on any atom is -0.507 e. The number of hydrogen-bond donors (Lipinski definition) is 4. The van der Waals surface area contributed by atoms with Crippen LogP contribution in [0.3, 0.4) is 0 Å². The van der Waals surface area contributed by atoms with Gasteiger partial charge in [0.2, 0.25) is 0 Å². The van der Waals surface area contributed by atoms with Crippen molar-refractivity contribution in [2.45, 2.75) is 37.5 Å². The van der Waals surface area contributed by atoms with Gasteiger partial charge in [0.1, 0.15) is 17.4 Å². The zero-order chi connectivity index (χ0) is 20.6. The molecule has 1 atom stereocenters. The highest BCUT2D eigenvalue weighted by Gasteiger charge is 2.41. The Kier molecular flexibility index (Phi) is 5.04. The number of aliphatic hydroxyl groups excluding tert-OH is 1. The maximum atomic E-state index is 13.5. The zero-order valence-electron chi connectivity index (χ0n) is 15.8. The molecule has 0 aliphatic carbocycles. The third-order valence-corrected chi connectivity index (χ3v) is 5.84. The number of amides is 2. The monoisotopic (exact) mass is 403 g/mol. The standard InChI is InChI=1S/C21H23F2N3O3/c22-14-3-4-17-16(9-14)19(28)11-21(25-17)5-7-26(8-6-21)20(29)24-12-13-1-2-15(23)10-18(13)27/h1-4,9-10,19,25,27-28H,5-8,11-12H2,(H,24,29)/t19-/m0/s1. The van der Waals surface area contributed by atoms with Gasteiger partial charge in [-0.05, 0) is 37.1 Å². The molecule has 2 aromatic carbocycles. The lowest BCUT2D eigenvalue weighted by molar-refractivity contribution is 0.0988. The molecule has 2 amide bonds. The molecule has 1 spiro atoms. The third kappa shape index (κ3) is 3.98. The Morgan fingerprint density at radius 3 is 2.59 bits per heavy atom. The van der Waals surface area contributed by atoms with Crippen LogP contribution >= 0.6 is 0 Å². The van der Waals surface area contributed by atoms with Crippen LogP contribution in [0.15, 0.2) is 36.4 Å². The second-order valence-electron chi connectivity index (χ2n) is 7.78. The fraction of sp³-hybridized carbons (Fsp3) is 0.381. The number of nitrogens with one attached hydrogen (secondary N) is 2. The van der Waals surface area contributed by atoms with Crippen molar-refractivity contribution in [1.29, 1.82) is 0 Å². The van der Waals surface area contributed by atoms with E-state index < -0.39 is 11.9 Å². The highest BCUT2D eigenvalue weighted by Crippen LogP contribution is 2.42. The van der Waals surface area contributed by atoms with E-state index in [4.69, 9.17) is 0 Å². The number of hydrogen-bond acceptors (Lipinski definition) is 4. The number of piperidine rings is 1. The molecule has 2 aliphatic heterocycles. The van der Waals surface area contributed by atoms with Crippen molar-refractivity contribution >= 4 is 11.7 Å². The summed E-state index contributed by atoms with van der Waals surface area (Å²) in [5.74, 6) is -1.11. The number of benzene rings is 2. The number of aromatic hydroxyl groups is 1. The van der Waals surface area contributed by atoms with Crippen molar-refractivity contribution in [3.63, 3.8) is 0 Å². The van der Waals surface area contributed by atoms with Crippen molar-refractivity contribution in [2.24, 2.45) is 0 Å². The molecule has 0 saturated carbocycles. The van der Waals surface area contributed by atoms with Crippen LogP contribution in [-0.4, -0.2) is 39.8 Å². The van der Waals surface area contributed by atoms with Gasteiger partial charge in [-0.15, -0.1) is 0 Å². The third-order valence-electron chi connectivity index (χ3n) is 5.84. The van der Waals surface area contributed by atoms with Gasteiger partial charge in [0, 0.05) is 54.5 Å². The number of carbonyl (C=O) groups is 1. The van der Waals surface area contributed by atoms with E-state index in [0.29, 0.717) is 43.5 Å². The Morgan fingerprint density at radius 1 is 1.17 bits per heavy atom. The van der Waals surface area contributed by atoms with Crippen molar-refractivity contribution in [1.82, 2.24) is 10.2 Å². The Bertz CT molecular complexity index is 929. The lowest BCUT2D eigenvalue weighted by Gasteiger charge is -2.47. The summed E-state index contributed by atoms with van der Waals surface area (Å²) in [6, 6.07) is 7.78. The molecular weight excluding hydrogens is 380 g/mol. The van der Waals surface area contributed by atoms with Crippen LogP contribution in [0.5, 0.6) is 5.75 Å². The lowest BCUT2D eigenvalue weighted by Crippen LogP contribution is -2.54. The number of phenolic OH excluding ortho intramolecular Hbond substituents is 1. The number of phenols is 1. The highest BCUT2D eigenvalue weighted by atomic mass is 19.1. The molecule has 0 radical (unpaired) electrons. The van der Waals surface area contributed by atoms with Gasteiger partial charge in [-0.3, -0.25) is 0 Å². The van der Waals surface area contributed by atoms with Gasteiger partial charge in [-0.25, -0.2) is 13.6 Å². The summed E-state index contributed by atoms with van der Waals surface area (Å²) in [6.45, 7) is 1.09. The number of carbonyl (C=O) groups excluding carboxylic acids is 1. The zero-order valence-corrected chi connectivity index (χ0v) is 15.8. The van der Waals surface area contributed by atoms with E-state index in [9.17, 15) is 23.8 Å². The highest BCUT2D eigenvalue weighted by molar-refractivity contribution is 5.74. The summed E-state index contributed by atoms with van der Waals surface area (Å²) >= 11 is 0. The second-order valence-corrected chi connectivity index (χ2v) is 7.78. The van der Waals surface area contributed by atoms with Gasteiger partial charge < -0.3 is 25.7 Å². The maximum absolute atomic E-state index is 13.5. The average Bonchev–Trinajstić information content (AvgIpc) is 2.68. The number of anilines is 1. The van der Waals surface area contributed by atoms with Crippen LogP contribution in [0.25, 0.3) is 0 Å². The van der Waals surface area contributed by atoms with Gasteiger partial charge in [-0.1, -0.05) is 6.07 Å². The first kappa shape index (κ1) is 19.4. The average molecular weight is 403 g/mol. The number of rotatable bonds is 2. The molecule has 1 fully saturated rings. The van der Waals surface area contributed by atoms with Crippen LogP contribution < -0.4 is 10.6 Å². The van der Waals surface area contributed by atoms with E-state index >= 15 is 0 Å². The van der Waals surface area contributed by atoms with E-state index in [-0.39, 0.29) is 29.7 Å². The smallest absolute Gasteiger partial charge is 0.317 e. The van der Waals surface area contributed by atoms with E-state index in [0.717, 1.165) is 11.8 Å². The summed E-state index contributed by atoms with van der Waals surface area (Å²) in [7, 11) is 0. The molecule has 29 heavy (non-hydrogen) atoms. The van der Waals surface area contributed by atoms with Crippen molar-refractivity contribution in [3.05, 3.63) is 59.2 Å². The summed E-state index contributed by atoms with van der Waals surface area (Å²) < 4.78 is 26.5. The number of halogens is 2. The number of nitrogens with zero attached hydrogens (tertiary/aromatic N) is 1. The fourth-order valence-corrected chi connectivity index (χ4v) is 4.18. The van der Waals surface area contributed by atoms with Crippen LogP contribution in [0.1, 0.15) is 36.5 Å². The molecule has 0 aromatic heterocycles. The summed E-state index contributed by atoms with van der Waals surface area (Å²) in [5.41, 5.74) is 1.40. The molecule has 0 bridgehead atoms. The SMILES string of the molecule is O=C(NCc1ccc(F)cc1O)N1CCC2(CC1)C[C@H](O)c1cc(F)ccc1N2. The predicted molar refractivity (Wildman–Crippen MR) is 103 cm³/mol. The molecule has 2 aliphatic rings. The van der Waals surface area contributed by atoms with Crippen LogP contribution in [0, 0.1) is 11.6 Å². The minimum atomic E-state index is -0.747. The van der Waals surface area contributed by atoms with Gasteiger partial charge >= 0.3 is 6.03 Å². The topological polar surface area (TPSA) is 84.8 Å². The molecule has 4 rings (SSSR count). The number of fused-ring (bicyclic) bond motifs is 1. The number of likely N-dealkylation sites (tertiary alicyclic amines) is 1. The maximum Gasteiger partial charge on any atom is 0.317 e. The normalized spacial score (nSPS) is 20.1. The summed E-state index contributed by atoms with van der Waals surface area (Å²) in [4.78, 5) is 14.1. The van der Waals surface area contributed by atoms with Crippen molar-refractivity contribution in [2.75, 3.05) is 18.4 Å². The predicted octanol–water partition coefficient (Wildman–Crippen LogP) is 3.26. The van der Waals surface area contributed by atoms with Gasteiger partial charge in [0.15, 0.2) is 0 Å². The summed E-state index contributed by atoms with van der Waals surface area (Å²) in [6.07, 6.45) is 1.01. The molecule has 4 N–H and O–H groups in total. The molecule has 154 valence electrons. The molecule has 0 unspecified atom stereocenters. The number of aliphatic hydroxyl groups is 1. The van der Waals surface area contributed by atoms with Gasteiger partial charge in [0.05, 0.1) is 6.10 Å². The van der Waals surface area contributed by atoms with Crippen molar-refractivity contribution < 1.29 is 23.8 Å². The van der Waals surface area contributed by atoms with E-state index in [1.165, 1.54) is 24.3 Å². The molecule has 2 aromatic rings. The quantitative estimate of drug-likeness (QED) is 0.620. The minimum absolute atomic E-state index is 0.0997. The Labute approximate surface area is 167 Å². The van der Waals surface area contributed by atoms with E-state index in [1.54, 1.807) is 11.0 Å². The van der Waals surface area contributed by atoms with Crippen LogP contribution in [0.4, 0.5) is 19.3 Å². The van der Waals surface area contributed by atoms with Crippen molar-refractivity contribution in [3.8, 4) is 5.75 Å². The fourth-order valence-electron chi connectivity index (χ4n) is 4.18. The van der Waals surface area contributed by atoms with Gasteiger partial charge in [-0.2, -0.15) is 0 Å². The molecule has 8 heteroatoms. The first-order valence-corrected chi connectivity index (χ1v) is 9.61. The van der Waals surface area contributed by atoms with Crippen LogP contribution in [0.2, 0.25) is 0 Å². The number of urea groups is 1. The molecule has 2 heterocycles. The Morgan fingerprint density at radius 2 is 1.86 bits per heavy atom. The Balaban J connectivity index is 1.35. The van der Waals surface area contributed by atoms with Gasteiger partial charge in [0.25, 0.3) is 0 Å². The molecular formula is C21H23F2N3O3. The molecule has 6 nitrogen and oxygen atoms in total. The first-order chi connectivity index (χ1) is 13.8. The second kappa shape index (κ2) is 7.51. The summed E-state index contributed by atoms with van der Waals surface area (Å²) in [5, 5.41) is 26.4. The first-order valence-electron chi connectivity index (χ1n) is 9.61. The van der Waals surface area contributed by atoms with E-state index in [1.807, 2.05) is 0 Å². The largest absolute Gasteiger partial charge is 0.507 e.